The van der Waals surface area contributed by atoms with Crippen molar-refractivity contribution in [1.82, 2.24) is 5.32 Å². The smallest absolute Gasteiger partial charge is 0.115 e. The van der Waals surface area contributed by atoms with Crippen LogP contribution in [0.3, 0.4) is 0 Å². The van der Waals surface area contributed by atoms with E-state index in [9.17, 15) is 5.11 Å². The zero-order valence-electron chi connectivity index (χ0n) is 11.5. The number of aromatic hydroxyl groups is 1. The van der Waals surface area contributed by atoms with E-state index in [0.29, 0.717) is 17.7 Å². The lowest BCUT2D eigenvalue weighted by Gasteiger charge is -2.23. The van der Waals surface area contributed by atoms with Gasteiger partial charge in [0.05, 0.1) is 0 Å². The molecule has 0 aromatic heterocycles. The standard InChI is InChI=1S/C17H21NO/c1-13(2)17(15-6-4-3-5-7-15)18-12-14-8-10-16(19)11-9-14/h3-11,13,17-19H,12H2,1-2H3. The second kappa shape index (κ2) is 6.39. The lowest BCUT2D eigenvalue weighted by atomic mass is 9.96. The van der Waals surface area contributed by atoms with E-state index in [1.54, 1.807) is 12.1 Å². The Balaban J connectivity index is 2.04. The molecular weight excluding hydrogens is 234 g/mol. The molecule has 19 heavy (non-hydrogen) atoms. The van der Waals surface area contributed by atoms with E-state index in [4.69, 9.17) is 0 Å². The van der Waals surface area contributed by atoms with Gasteiger partial charge in [0.25, 0.3) is 0 Å². The summed E-state index contributed by atoms with van der Waals surface area (Å²) in [4.78, 5) is 0. The van der Waals surface area contributed by atoms with Gasteiger partial charge in [0.15, 0.2) is 0 Å². The average molecular weight is 255 g/mol. The Hall–Kier alpha value is -1.80. The molecule has 2 nitrogen and oxygen atoms in total. The Morgan fingerprint density at radius 1 is 0.947 bits per heavy atom. The molecule has 2 aromatic carbocycles. The van der Waals surface area contributed by atoms with Gasteiger partial charge in [-0.05, 0) is 29.2 Å². The van der Waals surface area contributed by atoms with Crippen molar-refractivity contribution in [1.29, 1.82) is 0 Å². The molecule has 0 aliphatic rings. The van der Waals surface area contributed by atoms with E-state index >= 15 is 0 Å². The highest BCUT2D eigenvalue weighted by Crippen LogP contribution is 2.22. The minimum atomic E-state index is 0.312. The number of nitrogens with one attached hydrogen (secondary N) is 1. The molecule has 0 aliphatic heterocycles. The van der Waals surface area contributed by atoms with Crippen molar-refractivity contribution >= 4 is 0 Å². The third-order valence-electron chi connectivity index (χ3n) is 3.29. The first kappa shape index (κ1) is 13.6. The first-order valence-electron chi connectivity index (χ1n) is 6.73. The lowest BCUT2D eigenvalue weighted by Crippen LogP contribution is -2.25. The molecular formula is C17H21NO. The van der Waals surface area contributed by atoms with Crippen molar-refractivity contribution < 1.29 is 5.11 Å². The Labute approximate surface area is 115 Å². The minimum Gasteiger partial charge on any atom is -0.508 e. The van der Waals surface area contributed by atoms with Gasteiger partial charge in [0.2, 0.25) is 0 Å². The predicted molar refractivity (Wildman–Crippen MR) is 79.0 cm³/mol. The highest BCUT2D eigenvalue weighted by Gasteiger charge is 2.14. The van der Waals surface area contributed by atoms with E-state index < -0.39 is 0 Å². The van der Waals surface area contributed by atoms with E-state index in [0.717, 1.165) is 6.54 Å². The van der Waals surface area contributed by atoms with Gasteiger partial charge in [0.1, 0.15) is 5.75 Å². The maximum absolute atomic E-state index is 9.28. The average Bonchev–Trinajstić information content (AvgIpc) is 2.42. The molecule has 2 N–H and O–H groups in total. The molecule has 0 saturated heterocycles. The van der Waals surface area contributed by atoms with Crippen LogP contribution in [0.1, 0.15) is 31.0 Å². The molecule has 2 aromatic rings. The predicted octanol–water partition coefficient (Wildman–Crippen LogP) is 3.88. The van der Waals surface area contributed by atoms with Crippen LogP contribution >= 0.6 is 0 Å². The number of rotatable bonds is 5. The van der Waals surface area contributed by atoms with Crippen LogP contribution in [0.15, 0.2) is 54.6 Å². The monoisotopic (exact) mass is 255 g/mol. The topological polar surface area (TPSA) is 32.3 Å². The maximum atomic E-state index is 9.28. The largest absolute Gasteiger partial charge is 0.508 e. The molecule has 1 unspecified atom stereocenters. The molecule has 0 bridgehead atoms. The quantitative estimate of drug-likeness (QED) is 0.849. The summed E-state index contributed by atoms with van der Waals surface area (Å²) < 4.78 is 0. The van der Waals surface area contributed by atoms with Crippen molar-refractivity contribution in [3.63, 3.8) is 0 Å². The fourth-order valence-electron chi connectivity index (χ4n) is 2.24. The SMILES string of the molecule is CC(C)C(NCc1ccc(O)cc1)c1ccccc1. The van der Waals surface area contributed by atoms with Crippen LogP contribution in [-0.2, 0) is 6.54 Å². The molecule has 0 fully saturated rings. The first-order chi connectivity index (χ1) is 9.16. The second-order valence-corrected chi connectivity index (χ2v) is 5.18. The van der Waals surface area contributed by atoms with Gasteiger partial charge in [-0.2, -0.15) is 0 Å². The highest BCUT2D eigenvalue weighted by atomic mass is 16.3. The summed E-state index contributed by atoms with van der Waals surface area (Å²) in [5.41, 5.74) is 2.50. The van der Waals surface area contributed by atoms with Crippen LogP contribution in [0.4, 0.5) is 0 Å². The third kappa shape index (κ3) is 3.83. The Morgan fingerprint density at radius 3 is 2.16 bits per heavy atom. The third-order valence-corrected chi connectivity index (χ3v) is 3.29. The van der Waals surface area contributed by atoms with Gasteiger partial charge in [-0.3, -0.25) is 0 Å². The summed E-state index contributed by atoms with van der Waals surface area (Å²) in [5, 5.41) is 12.9. The van der Waals surface area contributed by atoms with Crippen molar-refractivity contribution in [3.8, 4) is 5.75 Å². The second-order valence-electron chi connectivity index (χ2n) is 5.18. The summed E-state index contributed by atoms with van der Waals surface area (Å²) in [7, 11) is 0. The van der Waals surface area contributed by atoms with Gasteiger partial charge < -0.3 is 10.4 Å². The van der Waals surface area contributed by atoms with Crippen molar-refractivity contribution in [2.75, 3.05) is 0 Å². The van der Waals surface area contributed by atoms with Crippen LogP contribution in [0.25, 0.3) is 0 Å². The number of phenols is 1. The van der Waals surface area contributed by atoms with E-state index in [2.05, 4.69) is 43.4 Å². The summed E-state index contributed by atoms with van der Waals surface area (Å²) in [6.07, 6.45) is 0. The van der Waals surface area contributed by atoms with Gasteiger partial charge >= 0.3 is 0 Å². The van der Waals surface area contributed by atoms with Crippen molar-refractivity contribution in [2.45, 2.75) is 26.4 Å². The van der Waals surface area contributed by atoms with Crippen LogP contribution in [-0.4, -0.2) is 5.11 Å². The summed E-state index contributed by atoms with van der Waals surface area (Å²) in [5.74, 6) is 0.840. The van der Waals surface area contributed by atoms with Gasteiger partial charge in [-0.1, -0.05) is 56.3 Å². The molecule has 0 radical (unpaired) electrons. The van der Waals surface area contributed by atoms with Crippen LogP contribution in [0.2, 0.25) is 0 Å². The molecule has 2 heteroatoms. The fourth-order valence-corrected chi connectivity index (χ4v) is 2.24. The molecule has 0 heterocycles. The normalized spacial score (nSPS) is 12.6. The Bertz CT molecular complexity index is 490. The number of hydrogen-bond acceptors (Lipinski definition) is 2. The minimum absolute atomic E-state index is 0.312. The molecule has 0 saturated carbocycles. The molecule has 0 aliphatic carbocycles. The zero-order valence-corrected chi connectivity index (χ0v) is 11.5. The molecule has 2 rings (SSSR count). The van der Waals surface area contributed by atoms with E-state index in [-0.39, 0.29) is 0 Å². The Morgan fingerprint density at radius 2 is 1.58 bits per heavy atom. The highest BCUT2D eigenvalue weighted by molar-refractivity contribution is 5.26. The summed E-state index contributed by atoms with van der Waals surface area (Å²) in [6, 6.07) is 18.2. The van der Waals surface area contributed by atoms with E-state index in [1.165, 1.54) is 11.1 Å². The fraction of sp³-hybridized carbons (Fsp3) is 0.294. The van der Waals surface area contributed by atoms with E-state index in [1.807, 2.05) is 18.2 Å². The number of hydrogen-bond donors (Lipinski definition) is 2. The van der Waals surface area contributed by atoms with Crippen molar-refractivity contribution in [2.24, 2.45) is 5.92 Å². The van der Waals surface area contributed by atoms with Gasteiger partial charge in [-0.15, -0.1) is 0 Å². The lowest BCUT2D eigenvalue weighted by molar-refractivity contribution is 0.410. The number of phenolic OH excluding ortho intramolecular Hbond substituents is 1. The summed E-state index contributed by atoms with van der Waals surface area (Å²) >= 11 is 0. The van der Waals surface area contributed by atoms with Gasteiger partial charge in [0, 0.05) is 12.6 Å². The van der Waals surface area contributed by atoms with Crippen LogP contribution < -0.4 is 5.32 Å². The van der Waals surface area contributed by atoms with Gasteiger partial charge in [-0.25, -0.2) is 0 Å². The van der Waals surface area contributed by atoms with Crippen molar-refractivity contribution in [3.05, 3.63) is 65.7 Å². The molecule has 0 spiro atoms. The zero-order chi connectivity index (χ0) is 13.7. The maximum Gasteiger partial charge on any atom is 0.115 e. The first-order valence-corrected chi connectivity index (χ1v) is 6.73. The number of benzene rings is 2. The van der Waals surface area contributed by atoms with Crippen LogP contribution in [0.5, 0.6) is 5.75 Å². The molecule has 0 amide bonds. The summed E-state index contributed by atoms with van der Waals surface area (Å²) in [6.45, 7) is 5.25. The van der Waals surface area contributed by atoms with Crippen LogP contribution in [0, 0.1) is 5.92 Å². The molecule has 100 valence electrons. The Kier molecular flexibility index (Phi) is 4.58. The molecule has 1 atom stereocenters.